The Morgan fingerprint density at radius 3 is 2.62 bits per heavy atom. The third-order valence-electron chi connectivity index (χ3n) is 4.75. The number of carbonyl (C=O) groups is 3. The Balaban J connectivity index is 2.36. The average Bonchev–Trinajstić information content (AvgIpc) is 2.84. The lowest BCUT2D eigenvalue weighted by Gasteiger charge is -2.29. The molecule has 1 saturated heterocycles. The number of hydrogen-bond acceptors (Lipinski definition) is 7. The molecular weight excluding hydrogens is 340 g/mol. The molecule has 0 unspecified atom stereocenters. The maximum Gasteiger partial charge on any atom is 0.309 e. The van der Waals surface area contributed by atoms with Gasteiger partial charge in [-0.05, 0) is 30.1 Å². The van der Waals surface area contributed by atoms with E-state index in [0.717, 1.165) is 11.1 Å². The van der Waals surface area contributed by atoms with E-state index in [9.17, 15) is 19.5 Å². The number of aliphatic hydroxyl groups is 1. The quantitative estimate of drug-likeness (QED) is 0.459. The molecule has 0 aromatic heterocycles. The summed E-state index contributed by atoms with van der Waals surface area (Å²) in [4.78, 5) is 34.9. The summed E-state index contributed by atoms with van der Waals surface area (Å²) in [5.74, 6) is -2.01. The maximum atomic E-state index is 12.1. The number of esters is 3. The smallest absolute Gasteiger partial charge is 0.309 e. The number of hydrogen-bond donors (Lipinski definition) is 1. The number of aliphatic hydroxyl groups excluding tert-OH is 1. The van der Waals surface area contributed by atoms with E-state index in [1.165, 1.54) is 13.8 Å². The lowest BCUT2D eigenvalue weighted by molar-refractivity contribution is -0.151. The Bertz CT molecular complexity index is 619. The molecule has 0 saturated carbocycles. The van der Waals surface area contributed by atoms with Crippen molar-refractivity contribution in [3.8, 4) is 0 Å². The molecule has 0 amide bonds. The van der Waals surface area contributed by atoms with Gasteiger partial charge in [-0.2, -0.15) is 0 Å². The third-order valence-corrected chi connectivity index (χ3v) is 4.75. The molecule has 1 heterocycles. The van der Waals surface area contributed by atoms with Gasteiger partial charge in [0.05, 0.1) is 18.4 Å². The highest BCUT2D eigenvalue weighted by Crippen LogP contribution is 2.37. The highest BCUT2D eigenvalue weighted by Gasteiger charge is 2.47. The van der Waals surface area contributed by atoms with Gasteiger partial charge in [-0.1, -0.05) is 13.0 Å². The first-order chi connectivity index (χ1) is 12.3. The Labute approximate surface area is 153 Å². The zero-order valence-corrected chi connectivity index (χ0v) is 15.4. The van der Waals surface area contributed by atoms with E-state index >= 15 is 0 Å². The van der Waals surface area contributed by atoms with Gasteiger partial charge >= 0.3 is 17.9 Å². The largest absolute Gasteiger partial charge is 0.462 e. The van der Waals surface area contributed by atoms with Crippen LogP contribution in [0.2, 0.25) is 0 Å². The van der Waals surface area contributed by atoms with Gasteiger partial charge < -0.3 is 19.3 Å². The summed E-state index contributed by atoms with van der Waals surface area (Å²) in [6.45, 7) is 4.36. The first kappa shape index (κ1) is 20.2. The third kappa shape index (κ3) is 5.17. The molecule has 0 bridgehead atoms. The van der Waals surface area contributed by atoms with Gasteiger partial charge in [0.25, 0.3) is 0 Å². The topological polar surface area (TPSA) is 99.1 Å². The van der Waals surface area contributed by atoms with E-state index in [2.05, 4.69) is 0 Å². The van der Waals surface area contributed by atoms with E-state index in [1.807, 2.05) is 6.08 Å². The van der Waals surface area contributed by atoms with Crippen LogP contribution in [0.25, 0.3) is 0 Å². The molecule has 26 heavy (non-hydrogen) atoms. The lowest BCUT2D eigenvalue weighted by Crippen LogP contribution is -2.36. The number of rotatable bonds is 4. The summed E-state index contributed by atoms with van der Waals surface area (Å²) in [5.41, 5.74) is 1.57. The lowest BCUT2D eigenvalue weighted by atomic mass is 9.82. The molecule has 144 valence electrons. The molecule has 1 fully saturated rings. The molecule has 1 aliphatic heterocycles. The van der Waals surface area contributed by atoms with E-state index in [0.29, 0.717) is 19.3 Å². The van der Waals surface area contributed by atoms with Crippen molar-refractivity contribution in [2.45, 2.75) is 52.2 Å². The van der Waals surface area contributed by atoms with Crippen LogP contribution in [0.4, 0.5) is 0 Å². The average molecular weight is 366 g/mol. The predicted molar refractivity (Wildman–Crippen MR) is 91.8 cm³/mol. The zero-order chi connectivity index (χ0) is 19.3. The SMILES string of the molecule is CC(=O)OC/C1=C\CC/C(CO)=C/[C@H]2OC(=O)[C@@H](C)[C@@H]2[C@@H](OC(C)=O)C1. The van der Waals surface area contributed by atoms with E-state index in [4.69, 9.17) is 14.2 Å². The molecular formula is C19H26O7. The molecule has 2 rings (SSSR count). The molecule has 1 N–H and O–H groups in total. The van der Waals surface area contributed by atoms with Gasteiger partial charge in [0.2, 0.25) is 0 Å². The van der Waals surface area contributed by atoms with Crippen molar-refractivity contribution in [3.05, 3.63) is 23.3 Å². The Hall–Kier alpha value is -2.15. The maximum absolute atomic E-state index is 12.1. The number of ether oxygens (including phenoxy) is 3. The molecule has 4 atom stereocenters. The number of carbonyl (C=O) groups excluding carboxylic acids is 3. The standard InChI is InChI=1S/C19H26O7/c1-11-18-16(25-13(3)22)8-15(10-24-12(2)21)6-4-5-14(9-20)7-17(18)26-19(11)23/h6-7,11,16-18,20H,4-5,8-10H2,1-3H3/b14-7-,15-6-/t11-,16-,17+,18+/m0/s1. The second kappa shape index (κ2) is 8.98. The summed E-state index contributed by atoms with van der Waals surface area (Å²) in [6.07, 6.45) is 4.16. The van der Waals surface area contributed by atoms with Crippen molar-refractivity contribution in [1.29, 1.82) is 0 Å². The highest BCUT2D eigenvalue weighted by molar-refractivity contribution is 5.75. The second-order valence-corrected chi connectivity index (χ2v) is 6.78. The fourth-order valence-electron chi connectivity index (χ4n) is 3.47. The minimum atomic E-state index is -0.588. The molecule has 2 aliphatic rings. The molecule has 7 nitrogen and oxygen atoms in total. The summed E-state index contributed by atoms with van der Waals surface area (Å²) in [6, 6.07) is 0. The first-order valence-electron chi connectivity index (χ1n) is 8.81. The van der Waals surface area contributed by atoms with Gasteiger partial charge in [-0.15, -0.1) is 0 Å². The van der Waals surface area contributed by atoms with Crippen molar-refractivity contribution >= 4 is 17.9 Å². The van der Waals surface area contributed by atoms with Gasteiger partial charge in [-0.3, -0.25) is 14.4 Å². The predicted octanol–water partition coefficient (Wildman–Crippen LogP) is 1.69. The van der Waals surface area contributed by atoms with Crippen molar-refractivity contribution in [3.63, 3.8) is 0 Å². The molecule has 0 spiro atoms. The summed E-state index contributed by atoms with van der Waals surface area (Å²) >= 11 is 0. The Morgan fingerprint density at radius 1 is 1.27 bits per heavy atom. The van der Waals surface area contributed by atoms with Crippen LogP contribution in [0.3, 0.4) is 0 Å². The Morgan fingerprint density at radius 2 is 2.00 bits per heavy atom. The van der Waals surface area contributed by atoms with E-state index in [-0.39, 0.29) is 25.1 Å². The first-order valence-corrected chi connectivity index (χ1v) is 8.81. The number of fused-ring (bicyclic) bond motifs is 1. The van der Waals surface area contributed by atoms with Crippen LogP contribution in [0, 0.1) is 11.8 Å². The van der Waals surface area contributed by atoms with Crippen LogP contribution in [0.15, 0.2) is 23.3 Å². The van der Waals surface area contributed by atoms with Crippen LogP contribution in [-0.4, -0.2) is 48.4 Å². The van der Waals surface area contributed by atoms with Crippen LogP contribution in [-0.2, 0) is 28.6 Å². The zero-order valence-electron chi connectivity index (χ0n) is 15.4. The van der Waals surface area contributed by atoms with Gasteiger partial charge in [0.1, 0.15) is 18.8 Å². The molecule has 0 radical (unpaired) electrons. The summed E-state index contributed by atoms with van der Waals surface area (Å²) < 4.78 is 16.1. The van der Waals surface area contributed by atoms with Crippen LogP contribution >= 0.6 is 0 Å². The summed E-state index contributed by atoms with van der Waals surface area (Å²) in [7, 11) is 0. The minimum absolute atomic E-state index is 0.103. The van der Waals surface area contributed by atoms with Crippen molar-refractivity contribution in [2.24, 2.45) is 11.8 Å². The fourth-order valence-corrected chi connectivity index (χ4v) is 3.47. The molecule has 7 heteroatoms. The van der Waals surface area contributed by atoms with E-state index in [1.54, 1.807) is 13.0 Å². The second-order valence-electron chi connectivity index (χ2n) is 6.78. The van der Waals surface area contributed by atoms with Crippen molar-refractivity contribution < 1.29 is 33.7 Å². The van der Waals surface area contributed by atoms with Gasteiger partial charge in [0, 0.05) is 20.3 Å². The Kier molecular flexibility index (Phi) is 6.97. The van der Waals surface area contributed by atoms with Crippen LogP contribution in [0.1, 0.15) is 40.0 Å². The molecule has 0 aromatic carbocycles. The van der Waals surface area contributed by atoms with Crippen LogP contribution < -0.4 is 0 Å². The van der Waals surface area contributed by atoms with Gasteiger partial charge in [0.15, 0.2) is 0 Å². The number of allylic oxidation sites excluding steroid dienone is 1. The monoisotopic (exact) mass is 366 g/mol. The summed E-state index contributed by atoms with van der Waals surface area (Å²) in [5, 5.41) is 9.59. The fraction of sp³-hybridized carbons (Fsp3) is 0.632. The molecule has 1 aliphatic carbocycles. The highest BCUT2D eigenvalue weighted by atomic mass is 16.6. The van der Waals surface area contributed by atoms with E-state index < -0.39 is 30.1 Å². The van der Waals surface area contributed by atoms with Crippen molar-refractivity contribution in [2.75, 3.05) is 13.2 Å². The normalized spacial score (nSPS) is 33.0. The van der Waals surface area contributed by atoms with Crippen molar-refractivity contribution in [1.82, 2.24) is 0 Å². The van der Waals surface area contributed by atoms with Crippen LogP contribution in [0.5, 0.6) is 0 Å². The minimum Gasteiger partial charge on any atom is -0.462 e. The van der Waals surface area contributed by atoms with Gasteiger partial charge in [-0.25, -0.2) is 0 Å². The molecule has 0 aromatic rings.